The summed E-state index contributed by atoms with van der Waals surface area (Å²) in [5.74, 6) is -4.62. The van der Waals surface area contributed by atoms with Gasteiger partial charge in [-0.3, -0.25) is 19.2 Å². The maximum absolute atomic E-state index is 14.4. The third kappa shape index (κ3) is 4.97. The molecule has 4 N–H and O–H groups in total. The summed E-state index contributed by atoms with van der Waals surface area (Å²) in [6.07, 6.45) is 7.06. The number of Topliss-reactive ketones (excluding diaryl/α,β-unsaturated/α-hetero) is 4. The van der Waals surface area contributed by atoms with Crippen molar-refractivity contribution in [1.29, 1.82) is 0 Å². The number of carbonyl (C=O) groups is 4. The lowest BCUT2D eigenvalue weighted by Crippen LogP contribution is -2.67. The highest BCUT2D eigenvalue weighted by Crippen LogP contribution is 2.65. The highest BCUT2D eigenvalue weighted by molar-refractivity contribution is 6.25. The van der Waals surface area contributed by atoms with Crippen LogP contribution in [0.3, 0.4) is 0 Å². The molecule has 0 amide bonds. The quantitative estimate of drug-likeness (QED) is 0.231. The zero-order chi connectivity index (χ0) is 34.9. The van der Waals surface area contributed by atoms with Crippen LogP contribution >= 0.6 is 0 Å². The molecule has 0 aliphatic heterocycles. The van der Waals surface area contributed by atoms with Gasteiger partial charge in [-0.15, -0.1) is 0 Å². The Bertz CT molecular complexity index is 1790. The van der Waals surface area contributed by atoms with Gasteiger partial charge in [0.2, 0.25) is 5.78 Å². The van der Waals surface area contributed by atoms with Gasteiger partial charge in [-0.25, -0.2) is 0 Å². The van der Waals surface area contributed by atoms with Crippen LogP contribution in [0.5, 0.6) is 5.75 Å². The lowest BCUT2D eigenvalue weighted by molar-refractivity contribution is -0.171. The van der Waals surface area contributed by atoms with Gasteiger partial charge >= 0.3 is 0 Å². The second-order valence-corrected chi connectivity index (χ2v) is 15.6. The molecule has 8 nitrogen and oxygen atoms in total. The van der Waals surface area contributed by atoms with E-state index >= 15 is 0 Å². The number of aliphatic hydroxyl groups excluding tert-OH is 2. The molecule has 2 aromatic carbocycles. The highest BCUT2D eigenvalue weighted by atomic mass is 16.3. The van der Waals surface area contributed by atoms with Gasteiger partial charge in [0.25, 0.3) is 0 Å². The number of rotatable bonds is 7. The van der Waals surface area contributed by atoms with Gasteiger partial charge in [-0.1, -0.05) is 90.1 Å². The van der Waals surface area contributed by atoms with Crippen molar-refractivity contribution in [2.75, 3.05) is 0 Å². The van der Waals surface area contributed by atoms with E-state index in [0.29, 0.717) is 29.9 Å². The molecule has 254 valence electrons. The monoisotopic (exact) mass is 654 g/mol. The first-order valence-electron chi connectivity index (χ1n) is 17.2. The van der Waals surface area contributed by atoms with E-state index in [1.165, 1.54) is 25.3 Å². The van der Waals surface area contributed by atoms with Crippen molar-refractivity contribution < 1.29 is 39.6 Å². The smallest absolute Gasteiger partial charge is 0.209 e. The van der Waals surface area contributed by atoms with E-state index in [2.05, 4.69) is 0 Å². The highest BCUT2D eigenvalue weighted by Gasteiger charge is 2.71. The molecule has 48 heavy (non-hydrogen) atoms. The van der Waals surface area contributed by atoms with Crippen LogP contribution in [-0.4, -0.2) is 49.2 Å². The van der Waals surface area contributed by atoms with Gasteiger partial charge < -0.3 is 20.4 Å². The lowest BCUT2D eigenvalue weighted by atomic mass is 9.44. The van der Waals surface area contributed by atoms with E-state index in [9.17, 15) is 39.6 Å². The number of allylic oxidation sites excluding steroid dienone is 2. The van der Waals surface area contributed by atoms with Gasteiger partial charge in [0.15, 0.2) is 17.2 Å². The predicted octanol–water partition coefficient (Wildman–Crippen LogP) is 7.10. The van der Waals surface area contributed by atoms with Crippen molar-refractivity contribution in [3.05, 3.63) is 75.8 Å². The minimum absolute atomic E-state index is 0.0145. The van der Waals surface area contributed by atoms with E-state index in [0.717, 1.165) is 30.9 Å². The normalized spacial score (nSPS) is 29.1. The summed E-state index contributed by atoms with van der Waals surface area (Å²) in [6.45, 7) is 8.15. The molecule has 2 aromatic rings. The first-order valence-corrected chi connectivity index (χ1v) is 17.2. The van der Waals surface area contributed by atoms with Crippen molar-refractivity contribution in [1.82, 2.24) is 0 Å². The van der Waals surface area contributed by atoms with Crippen molar-refractivity contribution in [3.8, 4) is 16.9 Å². The second-order valence-electron chi connectivity index (χ2n) is 15.6. The standard InChI is InChI=1S/C40H46O8/c1-21(2)32-34(44)30(22(3)41)36(46)40(48)37(47)33-35(45)31-28(19-38(33,4)20-39(32,40)5)27(15-16-29(31)43)25-13-11-24(12-14-25)18-26(42)17-23-9-7-6-8-10-23/h11-16,21,23,32,43-44,47-48H,6-10,17-20H2,1-5H3/t32?,38-,39-,40+/m1/s1. The minimum Gasteiger partial charge on any atom is -0.511 e. The predicted molar refractivity (Wildman–Crippen MR) is 181 cm³/mol. The summed E-state index contributed by atoms with van der Waals surface area (Å²) < 4.78 is 0. The van der Waals surface area contributed by atoms with Gasteiger partial charge in [-0.05, 0) is 59.9 Å². The van der Waals surface area contributed by atoms with Crippen LogP contribution < -0.4 is 0 Å². The van der Waals surface area contributed by atoms with Crippen molar-refractivity contribution in [2.45, 2.75) is 98.0 Å². The molecule has 4 atom stereocenters. The van der Waals surface area contributed by atoms with Crippen LogP contribution in [0.4, 0.5) is 0 Å². The molecular weight excluding hydrogens is 608 g/mol. The maximum Gasteiger partial charge on any atom is 0.209 e. The molecule has 0 radical (unpaired) electrons. The number of aliphatic hydroxyl groups is 3. The average molecular weight is 655 g/mol. The topological polar surface area (TPSA) is 149 Å². The number of phenolic OH excluding ortho intramolecular Hbond substituents is 1. The van der Waals surface area contributed by atoms with Crippen LogP contribution in [0.2, 0.25) is 0 Å². The van der Waals surface area contributed by atoms with E-state index in [1.807, 2.05) is 38.1 Å². The SMILES string of the molecule is CC(=O)C1=C(O)C(C(C)C)[C@@]2(C)C[C@@]3(C)Cc4c(-c5ccc(CC(=O)CC6CCCCC6)cc5)ccc(O)c4C(=O)C3=C(O)[C@@]2(O)C1=O. The first-order chi connectivity index (χ1) is 22.5. The fraction of sp³-hybridized carbons (Fsp3) is 0.500. The molecule has 6 rings (SSSR count). The lowest BCUT2D eigenvalue weighted by Gasteiger charge is -2.59. The zero-order valence-electron chi connectivity index (χ0n) is 28.5. The summed E-state index contributed by atoms with van der Waals surface area (Å²) in [4.78, 5) is 53.7. The van der Waals surface area contributed by atoms with Gasteiger partial charge in [0, 0.05) is 35.2 Å². The Balaban J connectivity index is 1.40. The Morgan fingerprint density at radius 1 is 0.938 bits per heavy atom. The van der Waals surface area contributed by atoms with E-state index in [1.54, 1.807) is 19.9 Å². The zero-order valence-corrected chi connectivity index (χ0v) is 28.5. The molecule has 0 saturated heterocycles. The number of hydrogen-bond acceptors (Lipinski definition) is 8. The molecule has 0 heterocycles. The Morgan fingerprint density at radius 2 is 1.58 bits per heavy atom. The molecule has 0 bridgehead atoms. The van der Waals surface area contributed by atoms with E-state index < -0.39 is 56.8 Å². The van der Waals surface area contributed by atoms with Crippen molar-refractivity contribution in [3.63, 3.8) is 0 Å². The molecule has 1 fully saturated rings. The number of ketones is 4. The molecule has 4 aliphatic carbocycles. The van der Waals surface area contributed by atoms with E-state index in [4.69, 9.17) is 0 Å². The van der Waals surface area contributed by atoms with Crippen LogP contribution in [-0.2, 0) is 27.2 Å². The second kappa shape index (κ2) is 11.8. The van der Waals surface area contributed by atoms with Crippen LogP contribution in [0.1, 0.15) is 101 Å². The Morgan fingerprint density at radius 3 is 2.19 bits per heavy atom. The maximum atomic E-state index is 14.4. The summed E-state index contributed by atoms with van der Waals surface area (Å²) in [6, 6.07) is 10.8. The summed E-state index contributed by atoms with van der Waals surface area (Å²) in [5.41, 5.74) is -3.01. The average Bonchev–Trinajstić information content (AvgIpc) is 2.99. The van der Waals surface area contributed by atoms with Crippen molar-refractivity contribution in [2.24, 2.45) is 28.6 Å². The number of aromatic hydroxyl groups is 1. The molecule has 8 heteroatoms. The van der Waals surface area contributed by atoms with Gasteiger partial charge in [0.1, 0.15) is 28.6 Å². The number of phenols is 1. The van der Waals surface area contributed by atoms with Gasteiger partial charge in [-0.2, -0.15) is 0 Å². The fourth-order valence-electron chi connectivity index (χ4n) is 9.82. The largest absolute Gasteiger partial charge is 0.511 e. The van der Waals surface area contributed by atoms with Crippen molar-refractivity contribution >= 4 is 23.1 Å². The van der Waals surface area contributed by atoms with Crippen LogP contribution in [0.25, 0.3) is 11.1 Å². The Hall–Kier alpha value is -4.04. The summed E-state index contributed by atoms with van der Waals surface area (Å²) in [5, 5.41) is 46.5. The number of fused-ring (bicyclic) bond motifs is 3. The molecule has 0 aromatic heterocycles. The Kier molecular flexibility index (Phi) is 8.34. The fourth-order valence-corrected chi connectivity index (χ4v) is 9.82. The van der Waals surface area contributed by atoms with Crippen LogP contribution in [0.15, 0.2) is 59.1 Å². The number of carbonyl (C=O) groups excluding carboxylic acids is 4. The number of hydrogen-bond donors (Lipinski definition) is 4. The molecule has 1 unspecified atom stereocenters. The first kappa shape index (κ1) is 33.8. The summed E-state index contributed by atoms with van der Waals surface area (Å²) >= 11 is 0. The van der Waals surface area contributed by atoms with Gasteiger partial charge in [0.05, 0.1) is 5.56 Å². The molecule has 0 spiro atoms. The summed E-state index contributed by atoms with van der Waals surface area (Å²) in [7, 11) is 0. The third-order valence-electron chi connectivity index (χ3n) is 11.8. The minimum atomic E-state index is -2.64. The number of benzene rings is 2. The molecule has 1 saturated carbocycles. The van der Waals surface area contributed by atoms with Crippen LogP contribution in [0, 0.1) is 28.6 Å². The molecular formula is C40H46O8. The van der Waals surface area contributed by atoms with E-state index in [-0.39, 0.29) is 41.4 Å². The molecule has 4 aliphatic rings. The Labute approximate surface area is 281 Å². The third-order valence-corrected chi connectivity index (χ3v) is 11.8.